The lowest BCUT2D eigenvalue weighted by atomic mass is 10.0. The van der Waals surface area contributed by atoms with Crippen LogP contribution < -0.4 is 4.74 Å². The number of ether oxygens (including phenoxy) is 1. The first-order valence-corrected chi connectivity index (χ1v) is 8.22. The molecular weight excluding hydrogens is 316 g/mol. The third-order valence-corrected chi connectivity index (χ3v) is 4.53. The van der Waals surface area contributed by atoms with Crippen molar-refractivity contribution in [3.8, 4) is 5.75 Å². The van der Waals surface area contributed by atoms with E-state index in [4.69, 9.17) is 16.3 Å². The molecule has 0 unspecified atom stereocenters. The molecule has 1 fully saturated rings. The van der Waals surface area contributed by atoms with Gasteiger partial charge in [0.1, 0.15) is 5.75 Å². The maximum atomic E-state index is 12.5. The van der Waals surface area contributed by atoms with Gasteiger partial charge in [-0.05, 0) is 30.2 Å². The number of carbonyl (C=O) groups is 2. The summed E-state index contributed by atoms with van der Waals surface area (Å²) < 4.78 is 5.18. The summed E-state index contributed by atoms with van der Waals surface area (Å²) in [6.07, 6.45) is 0.828. The molecular formula is C17H23ClN2O3. The van der Waals surface area contributed by atoms with Crippen LogP contribution in [0.25, 0.3) is 0 Å². The van der Waals surface area contributed by atoms with Crippen molar-refractivity contribution in [3.63, 3.8) is 0 Å². The minimum Gasteiger partial charge on any atom is -0.495 e. The van der Waals surface area contributed by atoms with Gasteiger partial charge < -0.3 is 14.5 Å². The molecule has 0 bridgehead atoms. The molecule has 2 rings (SSSR count). The van der Waals surface area contributed by atoms with Gasteiger partial charge in [-0.15, -0.1) is 0 Å². The lowest BCUT2D eigenvalue weighted by Gasteiger charge is -2.34. The van der Waals surface area contributed by atoms with Crippen LogP contribution in [0.5, 0.6) is 5.75 Å². The Morgan fingerprint density at radius 2 is 1.70 bits per heavy atom. The third-order valence-electron chi connectivity index (χ3n) is 4.24. The van der Waals surface area contributed by atoms with Crippen LogP contribution in [0.2, 0.25) is 5.02 Å². The van der Waals surface area contributed by atoms with Crippen molar-refractivity contribution in [2.24, 2.45) is 0 Å². The van der Waals surface area contributed by atoms with E-state index in [0.29, 0.717) is 49.8 Å². The monoisotopic (exact) mass is 338 g/mol. The van der Waals surface area contributed by atoms with Crippen molar-refractivity contribution in [2.45, 2.75) is 26.7 Å². The molecule has 126 valence electrons. The Morgan fingerprint density at radius 1 is 1.13 bits per heavy atom. The quantitative estimate of drug-likeness (QED) is 0.846. The molecule has 0 N–H and O–H groups in total. The van der Waals surface area contributed by atoms with Gasteiger partial charge >= 0.3 is 0 Å². The van der Waals surface area contributed by atoms with Gasteiger partial charge in [0.05, 0.1) is 18.6 Å². The number of methoxy groups -OCH3 is 1. The maximum Gasteiger partial charge on any atom is 0.227 e. The number of aryl methyl sites for hydroxylation is 1. The van der Waals surface area contributed by atoms with E-state index in [0.717, 1.165) is 11.1 Å². The Morgan fingerprint density at radius 3 is 2.22 bits per heavy atom. The molecule has 0 saturated carbocycles. The summed E-state index contributed by atoms with van der Waals surface area (Å²) in [7, 11) is 1.57. The number of piperazine rings is 1. The van der Waals surface area contributed by atoms with Gasteiger partial charge in [-0.3, -0.25) is 9.59 Å². The Kier molecular flexibility index (Phi) is 5.88. The molecule has 0 aromatic heterocycles. The lowest BCUT2D eigenvalue weighted by Crippen LogP contribution is -2.50. The number of amides is 2. The van der Waals surface area contributed by atoms with Crippen LogP contribution in [0, 0.1) is 6.92 Å². The average molecular weight is 339 g/mol. The normalized spacial score (nSPS) is 14.8. The molecule has 1 aromatic rings. The van der Waals surface area contributed by atoms with Crippen LogP contribution in [0.3, 0.4) is 0 Å². The molecule has 5 nitrogen and oxygen atoms in total. The second kappa shape index (κ2) is 7.68. The second-order valence-corrected chi connectivity index (χ2v) is 6.11. The zero-order valence-electron chi connectivity index (χ0n) is 13.9. The van der Waals surface area contributed by atoms with Gasteiger partial charge in [-0.25, -0.2) is 0 Å². The van der Waals surface area contributed by atoms with Crippen LogP contribution in [-0.4, -0.2) is 54.9 Å². The summed E-state index contributed by atoms with van der Waals surface area (Å²) in [6, 6.07) is 3.65. The van der Waals surface area contributed by atoms with Crippen molar-refractivity contribution in [1.82, 2.24) is 9.80 Å². The van der Waals surface area contributed by atoms with Gasteiger partial charge in [-0.1, -0.05) is 18.5 Å². The molecule has 1 aliphatic heterocycles. The van der Waals surface area contributed by atoms with Crippen LogP contribution in [-0.2, 0) is 16.0 Å². The van der Waals surface area contributed by atoms with E-state index < -0.39 is 0 Å². The molecule has 1 aromatic carbocycles. The van der Waals surface area contributed by atoms with Gasteiger partial charge in [0.25, 0.3) is 0 Å². The van der Waals surface area contributed by atoms with Gasteiger partial charge in [0.15, 0.2) is 0 Å². The number of hydrogen-bond acceptors (Lipinski definition) is 3. The predicted molar refractivity (Wildman–Crippen MR) is 89.9 cm³/mol. The Balaban J connectivity index is 1.98. The zero-order chi connectivity index (χ0) is 17.0. The van der Waals surface area contributed by atoms with E-state index in [1.807, 2.05) is 29.7 Å². The predicted octanol–water partition coefficient (Wildman–Crippen LogP) is 2.28. The first-order valence-electron chi connectivity index (χ1n) is 7.84. The molecule has 1 saturated heterocycles. The summed E-state index contributed by atoms with van der Waals surface area (Å²) in [4.78, 5) is 27.8. The largest absolute Gasteiger partial charge is 0.495 e. The van der Waals surface area contributed by atoms with E-state index in [-0.39, 0.29) is 11.8 Å². The fourth-order valence-corrected chi connectivity index (χ4v) is 3.01. The highest BCUT2D eigenvalue weighted by atomic mass is 35.5. The van der Waals surface area contributed by atoms with E-state index in [2.05, 4.69) is 0 Å². The number of nitrogens with zero attached hydrogens (tertiary/aromatic N) is 2. The summed E-state index contributed by atoms with van der Waals surface area (Å²) in [5.41, 5.74) is 1.90. The van der Waals surface area contributed by atoms with Gasteiger partial charge in [0, 0.05) is 32.6 Å². The van der Waals surface area contributed by atoms with Crippen molar-refractivity contribution >= 4 is 23.4 Å². The first-order chi connectivity index (χ1) is 11.0. The van der Waals surface area contributed by atoms with Crippen LogP contribution in [0.1, 0.15) is 24.5 Å². The number of benzene rings is 1. The minimum atomic E-state index is 0.0675. The lowest BCUT2D eigenvalue weighted by molar-refractivity contribution is -0.139. The number of halogens is 1. The third kappa shape index (κ3) is 4.16. The maximum absolute atomic E-state index is 12.5. The molecule has 0 aliphatic carbocycles. The van der Waals surface area contributed by atoms with Crippen molar-refractivity contribution in [1.29, 1.82) is 0 Å². The summed E-state index contributed by atoms with van der Waals surface area (Å²) in [6.45, 7) is 6.21. The number of hydrogen-bond donors (Lipinski definition) is 0. The van der Waals surface area contributed by atoms with Crippen molar-refractivity contribution in [3.05, 3.63) is 28.3 Å². The first kappa shape index (κ1) is 17.6. The molecule has 23 heavy (non-hydrogen) atoms. The summed E-state index contributed by atoms with van der Waals surface area (Å²) in [5, 5.41) is 0.513. The van der Waals surface area contributed by atoms with Gasteiger partial charge in [0.2, 0.25) is 11.8 Å². The smallest absolute Gasteiger partial charge is 0.227 e. The van der Waals surface area contributed by atoms with Gasteiger partial charge in [-0.2, -0.15) is 0 Å². The summed E-state index contributed by atoms with van der Waals surface area (Å²) in [5.74, 6) is 0.833. The standard InChI is InChI=1S/C17H23ClN2O3/c1-4-16(21)19-5-7-20(8-6-19)17(22)11-13-10-14(18)15(23-3)9-12(13)2/h9-10H,4-8,11H2,1-3H3. The molecule has 1 aliphatic rings. The topological polar surface area (TPSA) is 49.9 Å². The van der Waals surface area contributed by atoms with E-state index in [1.165, 1.54) is 0 Å². The zero-order valence-corrected chi connectivity index (χ0v) is 14.7. The highest BCUT2D eigenvalue weighted by molar-refractivity contribution is 6.32. The fourth-order valence-electron chi connectivity index (χ4n) is 2.75. The molecule has 2 amide bonds. The minimum absolute atomic E-state index is 0.0675. The SMILES string of the molecule is CCC(=O)N1CCN(C(=O)Cc2cc(Cl)c(OC)cc2C)CC1. The molecule has 1 heterocycles. The second-order valence-electron chi connectivity index (χ2n) is 5.71. The van der Waals surface area contributed by atoms with Crippen molar-refractivity contribution < 1.29 is 14.3 Å². The molecule has 0 radical (unpaired) electrons. The Labute approximate surface area is 142 Å². The van der Waals surface area contributed by atoms with Crippen LogP contribution in [0.4, 0.5) is 0 Å². The highest BCUT2D eigenvalue weighted by Gasteiger charge is 2.23. The molecule has 0 spiro atoms. The number of rotatable bonds is 4. The van der Waals surface area contributed by atoms with E-state index in [1.54, 1.807) is 13.2 Å². The Bertz CT molecular complexity index is 596. The van der Waals surface area contributed by atoms with Crippen LogP contribution >= 0.6 is 11.6 Å². The van der Waals surface area contributed by atoms with E-state index in [9.17, 15) is 9.59 Å². The van der Waals surface area contributed by atoms with Crippen LogP contribution in [0.15, 0.2) is 12.1 Å². The number of carbonyl (C=O) groups excluding carboxylic acids is 2. The van der Waals surface area contributed by atoms with E-state index >= 15 is 0 Å². The van der Waals surface area contributed by atoms with Crippen molar-refractivity contribution in [2.75, 3.05) is 33.3 Å². The fraction of sp³-hybridized carbons (Fsp3) is 0.529. The Hall–Kier alpha value is -1.75. The summed E-state index contributed by atoms with van der Waals surface area (Å²) >= 11 is 6.15. The highest BCUT2D eigenvalue weighted by Crippen LogP contribution is 2.28. The molecule has 6 heteroatoms. The molecule has 0 atom stereocenters. The average Bonchev–Trinajstić information content (AvgIpc) is 2.57.